The quantitative estimate of drug-likeness (QED) is 0.794. The number of hydrogen-bond donors (Lipinski definition) is 2. The number of methoxy groups -OCH3 is 1. The third kappa shape index (κ3) is 3.80. The molecule has 1 saturated heterocycles. The maximum absolute atomic E-state index is 5.60. The van der Waals surface area contributed by atoms with Crippen LogP contribution in [0.4, 0.5) is 11.8 Å². The molecule has 0 amide bonds. The highest BCUT2D eigenvalue weighted by Crippen LogP contribution is 2.23. The average molecular weight is 280 g/mol. The number of nitrogens with one attached hydrogen (secondary N) is 2. The van der Waals surface area contributed by atoms with E-state index in [1.54, 1.807) is 7.11 Å². The van der Waals surface area contributed by atoms with Gasteiger partial charge in [0.05, 0.1) is 6.61 Å². The van der Waals surface area contributed by atoms with Crippen molar-refractivity contribution in [1.29, 1.82) is 0 Å². The van der Waals surface area contributed by atoms with Gasteiger partial charge < -0.3 is 20.1 Å². The molecule has 2 heterocycles. The van der Waals surface area contributed by atoms with Gasteiger partial charge in [-0.3, -0.25) is 0 Å². The zero-order valence-electron chi connectivity index (χ0n) is 12.5. The lowest BCUT2D eigenvalue weighted by molar-refractivity contribution is -0.00625. The number of anilines is 2. The predicted molar refractivity (Wildman–Crippen MR) is 79.2 cm³/mol. The van der Waals surface area contributed by atoms with Crippen molar-refractivity contribution in [2.24, 2.45) is 0 Å². The Labute approximate surface area is 120 Å². The first-order chi connectivity index (χ1) is 9.67. The molecule has 1 aliphatic rings. The molecule has 0 aliphatic carbocycles. The summed E-state index contributed by atoms with van der Waals surface area (Å²) in [7, 11) is 1.73. The van der Waals surface area contributed by atoms with Crippen LogP contribution in [0.2, 0.25) is 0 Å². The summed E-state index contributed by atoms with van der Waals surface area (Å²) >= 11 is 0. The minimum atomic E-state index is -0.240. The van der Waals surface area contributed by atoms with Crippen molar-refractivity contribution in [3.8, 4) is 0 Å². The molecule has 0 spiro atoms. The standard InChI is InChI=1S/C14H24N4O2/c1-4-6-15-13-17-11(2)8-12(18-13)16-9-14(19-3)5-7-20-10-14/h8H,4-7,9-10H2,1-3H3,(H2,15,16,17,18). The van der Waals surface area contributed by atoms with Gasteiger partial charge in [0.25, 0.3) is 0 Å². The molecule has 1 aromatic heterocycles. The molecule has 1 fully saturated rings. The second-order valence-electron chi connectivity index (χ2n) is 5.19. The Morgan fingerprint density at radius 2 is 2.25 bits per heavy atom. The summed E-state index contributed by atoms with van der Waals surface area (Å²) in [5.41, 5.74) is 0.700. The molecule has 2 N–H and O–H groups in total. The first-order valence-corrected chi connectivity index (χ1v) is 7.14. The third-order valence-corrected chi connectivity index (χ3v) is 3.48. The molecule has 20 heavy (non-hydrogen) atoms. The number of hydrogen-bond acceptors (Lipinski definition) is 6. The summed E-state index contributed by atoms with van der Waals surface area (Å²) in [4.78, 5) is 8.84. The van der Waals surface area contributed by atoms with Gasteiger partial charge >= 0.3 is 0 Å². The third-order valence-electron chi connectivity index (χ3n) is 3.48. The van der Waals surface area contributed by atoms with Crippen LogP contribution in [0.5, 0.6) is 0 Å². The van der Waals surface area contributed by atoms with Gasteiger partial charge in [-0.25, -0.2) is 4.98 Å². The first-order valence-electron chi connectivity index (χ1n) is 7.14. The van der Waals surface area contributed by atoms with E-state index in [0.29, 0.717) is 19.1 Å². The monoisotopic (exact) mass is 280 g/mol. The lowest BCUT2D eigenvalue weighted by atomic mass is 10.0. The summed E-state index contributed by atoms with van der Waals surface area (Å²) in [5, 5.41) is 6.55. The van der Waals surface area contributed by atoms with E-state index in [9.17, 15) is 0 Å². The highest BCUT2D eigenvalue weighted by Gasteiger charge is 2.34. The van der Waals surface area contributed by atoms with E-state index in [1.165, 1.54) is 0 Å². The van der Waals surface area contributed by atoms with Crippen LogP contribution in [0.3, 0.4) is 0 Å². The summed E-state index contributed by atoms with van der Waals surface area (Å²) in [6, 6.07) is 1.94. The van der Waals surface area contributed by atoms with Crippen LogP contribution < -0.4 is 10.6 Å². The summed E-state index contributed by atoms with van der Waals surface area (Å²) in [6.45, 7) is 7.02. The van der Waals surface area contributed by atoms with E-state index in [0.717, 1.165) is 37.5 Å². The molecule has 0 radical (unpaired) electrons. The Balaban J connectivity index is 1.99. The molecule has 1 unspecified atom stereocenters. The van der Waals surface area contributed by atoms with Crippen LogP contribution in [0.15, 0.2) is 6.07 Å². The van der Waals surface area contributed by atoms with Crippen LogP contribution in [-0.4, -0.2) is 49.0 Å². The highest BCUT2D eigenvalue weighted by atomic mass is 16.5. The Bertz CT molecular complexity index is 433. The molecule has 112 valence electrons. The maximum atomic E-state index is 5.60. The van der Waals surface area contributed by atoms with Crippen molar-refractivity contribution < 1.29 is 9.47 Å². The number of rotatable bonds is 7. The van der Waals surface area contributed by atoms with Gasteiger partial charge in [0.2, 0.25) is 5.95 Å². The zero-order chi connectivity index (χ0) is 14.4. The fourth-order valence-corrected chi connectivity index (χ4v) is 2.19. The van der Waals surface area contributed by atoms with Crippen molar-refractivity contribution in [2.75, 3.05) is 44.0 Å². The molecular weight excluding hydrogens is 256 g/mol. The fraction of sp³-hybridized carbons (Fsp3) is 0.714. The molecule has 1 aliphatic heterocycles. The number of aromatic nitrogens is 2. The Kier molecular flexibility index (Phi) is 5.14. The van der Waals surface area contributed by atoms with E-state index < -0.39 is 0 Å². The SMILES string of the molecule is CCCNc1nc(C)cc(NCC2(OC)CCOC2)n1. The molecule has 0 aromatic carbocycles. The Morgan fingerprint density at radius 3 is 2.90 bits per heavy atom. The summed E-state index contributed by atoms with van der Waals surface area (Å²) < 4.78 is 11.0. The molecule has 2 rings (SSSR count). The molecule has 1 atom stereocenters. The minimum Gasteiger partial charge on any atom is -0.378 e. The molecule has 6 nitrogen and oxygen atoms in total. The van der Waals surface area contributed by atoms with Crippen molar-refractivity contribution in [3.63, 3.8) is 0 Å². The van der Waals surface area contributed by atoms with Crippen LogP contribution in [0.25, 0.3) is 0 Å². The van der Waals surface area contributed by atoms with Gasteiger partial charge in [0, 0.05) is 45.0 Å². The largest absolute Gasteiger partial charge is 0.378 e. The lowest BCUT2D eigenvalue weighted by Crippen LogP contribution is -2.39. The van der Waals surface area contributed by atoms with Crippen LogP contribution in [0.1, 0.15) is 25.5 Å². The van der Waals surface area contributed by atoms with E-state index in [4.69, 9.17) is 9.47 Å². The second-order valence-corrected chi connectivity index (χ2v) is 5.19. The van der Waals surface area contributed by atoms with Gasteiger partial charge in [-0.15, -0.1) is 0 Å². The van der Waals surface area contributed by atoms with Gasteiger partial charge in [0.1, 0.15) is 11.4 Å². The van der Waals surface area contributed by atoms with Gasteiger partial charge in [0.15, 0.2) is 0 Å². The van der Waals surface area contributed by atoms with E-state index in [2.05, 4.69) is 27.5 Å². The zero-order valence-corrected chi connectivity index (χ0v) is 12.5. The normalized spacial score (nSPS) is 21.9. The van der Waals surface area contributed by atoms with E-state index in [-0.39, 0.29) is 5.60 Å². The Morgan fingerprint density at radius 1 is 1.40 bits per heavy atom. The van der Waals surface area contributed by atoms with Crippen molar-refractivity contribution >= 4 is 11.8 Å². The Hall–Kier alpha value is -1.40. The van der Waals surface area contributed by atoms with Gasteiger partial charge in [-0.1, -0.05) is 6.92 Å². The molecule has 1 aromatic rings. The van der Waals surface area contributed by atoms with Gasteiger partial charge in [-0.05, 0) is 13.3 Å². The maximum Gasteiger partial charge on any atom is 0.224 e. The number of aryl methyl sites for hydroxylation is 1. The smallest absolute Gasteiger partial charge is 0.224 e. The summed E-state index contributed by atoms with van der Waals surface area (Å²) in [6.07, 6.45) is 1.95. The fourth-order valence-electron chi connectivity index (χ4n) is 2.19. The van der Waals surface area contributed by atoms with E-state index >= 15 is 0 Å². The first kappa shape index (κ1) is 15.0. The topological polar surface area (TPSA) is 68.3 Å². The van der Waals surface area contributed by atoms with Crippen LogP contribution in [0, 0.1) is 6.92 Å². The predicted octanol–water partition coefficient (Wildman–Crippen LogP) is 1.82. The molecule has 6 heteroatoms. The average Bonchev–Trinajstić information content (AvgIpc) is 2.92. The number of ether oxygens (including phenoxy) is 2. The molecular formula is C14H24N4O2. The van der Waals surface area contributed by atoms with E-state index in [1.807, 2.05) is 13.0 Å². The van der Waals surface area contributed by atoms with Crippen molar-refractivity contribution in [2.45, 2.75) is 32.3 Å². The minimum absolute atomic E-state index is 0.240. The lowest BCUT2D eigenvalue weighted by Gasteiger charge is -2.26. The molecule has 0 saturated carbocycles. The number of nitrogens with zero attached hydrogens (tertiary/aromatic N) is 2. The molecule has 0 bridgehead atoms. The van der Waals surface area contributed by atoms with Crippen molar-refractivity contribution in [3.05, 3.63) is 11.8 Å². The highest BCUT2D eigenvalue weighted by molar-refractivity contribution is 5.42. The van der Waals surface area contributed by atoms with Gasteiger partial charge in [-0.2, -0.15) is 4.98 Å². The summed E-state index contributed by atoms with van der Waals surface area (Å²) in [5.74, 6) is 1.49. The van der Waals surface area contributed by atoms with Crippen LogP contribution >= 0.6 is 0 Å². The van der Waals surface area contributed by atoms with Crippen molar-refractivity contribution in [1.82, 2.24) is 9.97 Å². The second kappa shape index (κ2) is 6.85. The van der Waals surface area contributed by atoms with Crippen LogP contribution in [-0.2, 0) is 9.47 Å².